The number of aryl methyl sites for hydroxylation is 1. The lowest BCUT2D eigenvalue weighted by molar-refractivity contribution is 0.0788. The first-order valence-electron chi connectivity index (χ1n) is 9.61. The number of carbonyl (C=O) groups is 2. The van der Waals surface area contributed by atoms with Gasteiger partial charge in [0, 0.05) is 24.0 Å². The average molecular weight is 374 g/mol. The normalized spacial score (nSPS) is 24.7. The summed E-state index contributed by atoms with van der Waals surface area (Å²) < 4.78 is 6.06. The van der Waals surface area contributed by atoms with Gasteiger partial charge in [0.05, 0.1) is 23.6 Å². The van der Waals surface area contributed by atoms with Crippen LogP contribution in [0.5, 0.6) is 0 Å². The van der Waals surface area contributed by atoms with Crippen LogP contribution < -0.4 is 5.32 Å². The molecule has 2 aromatic carbocycles. The summed E-state index contributed by atoms with van der Waals surface area (Å²) in [4.78, 5) is 28.2. The maximum atomic E-state index is 13.3. The van der Waals surface area contributed by atoms with E-state index < -0.39 is 5.41 Å². The summed E-state index contributed by atoms with van der Waals surface area (Å²) >= 11 is 0. The monoisotopic (exact) mass is 374 g/mol. The van der Waals surface area contributed by atoms with E-state index in [1.54, 1.807) is 18.2 Å². The van der Waals surface area contributed by atoms with Gasteiger partial charge in [0.1, 0.15) is 11.3 Å². The number of ketones is 1. The number of rotatable bonds is 2. The lowest BCUT2D eigenvalue weighted by Gasteiger charge is -2.27. The third-order valence-electron chi connectivity index (χ3n) is 6.31. The van der Waals surface area contributed by atoms with Gasteiger partial charge in [0.25, 0.3) is 5.91 Å². The number of carbonyl (C=O) groups excluding carboxylic acids is 2. The number of likely N-dealkylation sites (tertiary alicyclic amines) is 1. The number of Topliss-reactive ketones (excluding diaryl/α,β-unsaturated/α-hetero) is 1. The lowest BCUT2D eigenvalue weighted by Crippen LogP contribution is -2.47. The van der Waals surface area contributed by atoms with Crippen LogP contribution >= 0.6 is 0 Å². The van der Waals surface area contributed by atoms with Crippen molar-refractivity contribution >= 4 is 22.7 Å². The summed E-state index contributed by atoms with van der Waals surface area (Å²) in [6, 6.07) is 14.9. The van der Waals surface area contributed by atoms with Crippen LogP contribution in [0.15, 0.2) is 52.9 Å². The van der Waals surface area contributed by atoms with E-state index >= 15 is 0 Å². The van der Waals surface area contributed by atoms with E-state index in [4.69, 9.17) is 4.42 Å². The Hall–Kier alpha value is -2.92. The summed E-state index contributed by atoms with van der Waals surface area (Å²) in [6.07, 6.45) is 0. The summed E-state index contributed by atoms with van der Waals surface area (Å²) in [5, 5.41) is 4.21. The van der Waals surface area contributed by atoms with Crippen LogP contribution in [0.1, 0.15) is 39.0 Å². The van der Waals surface area contributed by atoms with Crippen LogP contribution in [-0.2, 0) is 6.54 Å². The summed E-state index contributed by atoms with van der Waals surface area (Å²) in [6.45, 7) is 5.87. The number of fused-ring (bicyclic) bond motifs is 3. The second kappa shape index (κ2) is 6.04. The fourth-order valence-electron chi connectivity index (χ4n) is 4.66. The van der Waals surface area contributed by atoms with Gasteiger partial charge in [0.2, 0.25) is 0 Å². The Balaban J connectivity index is 1.46. The average Bonchev–Trinajstić information content (AvgIpc) is 3.16. The predicted octanol–water partition coefficient (Wildman–Crippen LogP) is 3.56. The molecule has 5 heteroatoms. The van der Waals surface area contributed by atoms with Crippen LogP contribution in [-0.4, -0.2) is 35.7 Å². The summed E-state index contributed by atoms with van der Waals surface area (Å²) in [5.41, 5.74) is 2.36. The molecule has 1 saturated heterocycles. The molecular formula is C23H22N2O3. The van der Waals surface area contributed by atoms with Crippen molar-refractivity contribution in [2.75, 3.05) is 13.1 Å². The topological polar surface area (TPSA) is 62.6 Å². The molecule has 5 nitrogen and oxygen atoms in total. The Kier molecular flexibility index (Phi) is 3.71. The van der Waals surface area contributed by atoms with Crippen LogP contribution in [0.3, 0.4) is 0 Å². The highest BCUT2D eigenvalue weighted by Crippen LogP contribution is 2.38. The smallest absolute Gasteiger partial charge is 0.252 e. The summed E-state index contributed by atoms with van der Waals surface area (Å²) in [7, 11) is 0. The van der Waals surface area contributed by atoms with Crippen molar-refractivity contribution in [2.24, 2.45) is 5.41 Å². The molecule has 0 radical (unpaired) electrons. The standard InChI is InChI=1S/C23H22N2O3/c1-14-15-7-5-6-10-18(15)28-19(14)11-25-12-20-23(2,13-25)21(26)16-8-3-4-9-17(16)22(27)24-20/h3-10,20H,11-13H2,1-2H3,(H,24,27)/t20-,23+/m1/s1. The van der Waals surface area contributed by atoms with Gasteiger partial charge in [-0.1, -0.05) is 36.4 Å². The minimum atomic E-state index is -0.651. The number of para-hydroxylation sites is 1. The second-order valence-corrected chi connectivity index (χ2v) is 8.13. The molecule has 142 valence electrons. The Morgan fingerprint density at radius 2 is 1.82 bits per heavy atom. The molecule has 2 atom stereocenters. The molecular weight excluding hydrogens is 352 g/mol. The lowest BCUT2D eigenvalue weighted by atomic mass is 9.78. The van der Waals surface area contributed by atoms with Crippen molar-refractivity contribution in [1.82, 2.24) is 10.2 Å². The van der Waals surface area contributed by atoms with E-state index in [-0.39, 0.29) is 17.7 Å². The molecule has 28 heavy (non-hydrogen) atoms. The number of nitrogens with one attached hydrogen (secondary N) is 1. The van der Waals surface area contributed by atoms with Crippen molar-refractivity contribution in [3.8, 4) is 0 Å². The molecule has 3 heterocycles. The minimum absolute atomic E-state index is 0.0373. The maximum Gasteiger partial charge on any atom is 0.252 e. The first-order chi connectivity index (χ1) is 13.5. The number of benzene rings is 2. The first kappa shape index (κ1) is 17.2. The zero-order valence-corrected chi connectivity index (χ0v) is 16.0. The molecule has 5 rings (SSSR count). The highest BCUT2D eigenvalue weighted by Gasteiger charge is 2.51. The Morgan fingerprint density at radius 1 is 1.11 bits per heavy atom. The van der Waals surface area contributed by atoms with Crippen molar-refractivity contribution < 1.29 is 14.0 Å². The molecule has 0 saturated carbocycles. The first-order valence-corrected chi connectivity index (χ1v) is 9.61. The Morgan fingerprint density at radius 3 is 2.61 bits per heavy atom. The number of furan rings is 1. The van der Waals surface area contributed by atoms with E-state index in [1.807, 2.05) is 31.2 Å². The number of nitrogens with zero attached hydrogens (tertiary/aromatic N) is 1. The van der Waals surface area contributed by atoms with Gasteiger partial charge in [-0.25, -0.2) is 0 Å². The van der Waals surface area contributed by atoms with E-state index in [2.05, 4.69) is 23.2 Å². The van der Waals surface area contributed by atoms with E-state index in [0.29, 0.717) is 30.8 Å². The Bertz CT molecular complexity index is 1120. The van der Waals surface area contributed by atoms with Crippen molar-refractivity contribution in [2.45, 2.75) is 26.4 Å². The van der Waals surface area contributed by atoms with E-state index in [9.17, 15) is 9.59 Å². The SMILES string of the molecule is Cc1c(CN2C[C@H]3NC(=O)c4ccccc4C(=O)[C@@]3(C)C2)oc2ccccc12. The molecule has 3 aromatic rings. The quantitative estimate of drug-likeness (QED) is 0.745. The molecule has 0 spiro atoms. The van der Waals surface area contributed by atoms with Gasteiger partial charge in [0.15, 0.2) is 5.78 Å². The molecule has 1 aromatic heterocycles. The van der Waals surface area contributed by atoms with Crippen LogP contribution in [0, 0.1) is 12.3 Å². The van der Waals surface area contributed by atoms with Gasteiger partial charge in [-0.2, -0.15) is 0 Å². The largest absolute Gasteiger partial charge is 0.459 e. The zero-order chi connectivity index (χ0) is 19.5. The molecule has 0 unspecified atom stereocenters. The van der Waals surface area contributed by atoms with Crippen molar-refractivity contribution in [1.29, 1.82) is 0 Å². The molecule has 0 bridgehead atoms. The molecule has 1 N–H and O–H groups in total. The predicted molar refractivity (Wildman–Crippen MR) is 106 cm³/mol. The zero-order valence-electron chi connectivity index (χ0n) is 16.0. The number of hydrogen-bond acceptors (Lipinski definition) is 4. The molecule has 2 aliphatic heterocycles. The highest BCUT2D eigenvalue weighted by atomic mass is 16.3. The fourth-order valence-corrected chi connectivity index (χ4v) is 4.66. The van der Waals surface area contributed by atoms with Gasteiger partial charge in [-0.05, 0) is 31.5 Å². The molecule has 0 aliphatic carbocycles. The van der Waals surface area contributed by atoms with Gasteiger partial charge in [-0.15, -0.1) is 0 Å². The second-order valence-electron chi connectivity index (χ2n) is 8.13. The van der Waals surface area contributed by atoms with Crippen LogP contribution in [0.2, 0.25) is 0 Å². The van der Waals surface area contributed by atoms with E-state index in [0.717, 1.165) is 22.3 Å². The highest BCUT2D eigenvalue weighted by molar-refractivity contribution is 6.12. The minimum Gasteiger partial charge on any atom is -0.459 e. The maximum absolute atomic E-state index is 13.3. The fraction of sp³-hybridized carbons (Fsp3) is 0.304. The van der Waals surface area contributed by atoms with Gasteiger partial charge >= 0.3 is 0 Å². The number of hydrogen-bond donors (Lipinski definition) is 1. The summed E-state index contributed by atoms with van der Waals surface area (Å²) in [5.74, 6) is 0.787. The Labute approximate surface area is 163 Å². The van der Waals surface area contributed by atoms with Gasteiger partial charge < -0.3 is 9.73 Å². The third-order valence-corrected chi connectivity index (χ3v) is 6.31. The van der Waals surface area contributed by atoms with Crippen LogP contribution in [0.4, 0.5) is 0 Å². The van der Waals surface area contributed by atoms with Crippen LogP contribution in [0.25, 0.3) is 11.0 Å². The van der Waals surface area contributed by atoms with Crippen molar-refractivity contribution in [3.63, 3.8) is 0 Å². The number of amides is 1. The third kappa shape index (κ3) is 2.43. The molecule has 2 aliphatic rings. The van der Waals surface area contributed by atoms with Crippen molar-refractivity contribution in [3.05, 3.63) is 71.0 Å². The van der Waals surface area contributed by atoms with Gasteiger partial charge in [-0.3, -0.25) is 14.5 Å². The van der Waals surface area contributed by atoms with E-state index in [1.165, 1.54) is 0 Å². The molecule has 1 fully saturated rings. The molecule has 1 amide bonds.